The Morgan fingerprint density at radius 3 is 2.65 bits per heavy atom. The molecule has 8 heteroatoms. The third-order valence-electron chi connectivity index (χ3n) is 6.28. The molecule has 6 nitrogen and oxygen atoms in total. The maximum absolute atomic E-state index is 12.4. The van der Waals surface area contributed by atoms with E-state index in [9.17, 15) is 9.90 Å². The fraction of sp³-hybridized carbons (Fsp3) is 0.250. The van der Waals surface area contributed by atoms with Crippen molar-refractivity contribution in [3.05, 3.63) is 117 Å². The molecule has 1 unspecified atom stereocenters. The molecule has 0 bridgehead atoms. The number of hydrogen-bond donors (Lipinski definition) is 2. The molecule has 0 fully saturated rings. The summed E-state index contributed by atoms with van der Waals surface area (Å²) >= 11 is 10.5. The first-order valence-corrected chi connectivity index (χ1v) is 14.2. The van der Waals surface area contributed by atoms with Crippen molar-refractivity contribution in [2.75, 3.05) is 13.2 Å². The van der Waals surface area contributed by atoms with Crippen molar-refractivity contribution in [3.8, 4) is 11.1 Å². The molecule has 1 aromatic heterocycles. The van der Waals surface area contributed by atoms with E-state index in [1.807, 2.05) is 60.7 Å². The zero-order valence-electron chi connectivity index (χ0n) is 22.4. The van der Waals surface area contributed by atoms with Crippen LogP contribution in [0.3, 0.4) is 0 Å². The van der Waals surface area contributed by atoms with Gasteiger partial charge in [0.25, 0.3) is 0 Å². The summed E-state index contributed by atoms with van der Waals surface area (Å²) in [5, 5.41) is 13.4. The molecule has 208 valence electrons. The first-order chi connectivity index (χ1) is 19.4. The van der Waals surface area contributed by atoms with Gasteiger partial charge in [0.05, 0.1) is 17.7 Å². The minimum atomic E-state index is -0.843. The largest absolute Gasteiger partial charge is 0.487 e. The Morgan fingerprint density at radius 2 is 1.95 bits per heavy atom. The fourth-order valence-electron chi connectivity index (χ4n) is 4.27. The summed E-state index contributed by atoms with van der Waals surface area (Å²) in [5.74, 6) is -0.138. The van der Waals surface area contributed by atoms with E-state index in [1.54, 1.807) is 26.2 Å². The van der Waals surface area contributed by atoms with Gasteiger partial charge in [0.2, 0.25) is 0 Å². The highest BCUT2D eigenvalue weighted by molar-refractivity contribution is 9.10. The lowest BCUT2D eigenvalue weighted by atomic mass is 9.91. The van der Waals surface area contributed by atoms with Crippen molar-refractivity contribution >= 4 is 39.6 Å². The molecule has 0 amide bonds. The molecule has 2 N–H and O–H groups in total. The van der Waals surface area contributed by atoms with Gasteiger partial charge in [-0.1, -0.05) is 72.3 Å². The SMILES string of the molecule is CC(C)OC(=O)[C@H](CO)NCC1C=C(Cl)C(OCc2cccc(-c3ccccc3)c2Br)=CC1=Cc1cccnc1. The summed E-state index contributed by atoms with van der Waals surface area (Å²) in [6.07, 6.45) is 9.03. The van der Waals surface area contributed by atoms with Gasteiger partial charge in [-0.2, -0.15) is 0 Å². The first kappa shape index (κ1) is 29.7. The number of aliphatic hydroxyl groups excluding tert-OH is 1. The highest BCUT2D eigenvalue weighted by Crippen LogP contribution is 2.35. The molecule has 0 saturated carbocycles. The highest BCUT2D eigenvalue weighted by Gasteiger charge is 2.25. The molecule has 1 heterocycles. The summed E-state index contributed by atoms with van der Waals surface area (Å²) in [4.78, 5) is 16.6. The van der Waals surface area contributed by atoms with E-state index in [-0.39, 0.29) is 18.6 Å². The molecule has 3 aromatic rings. The molecule has 40 heavy (non-hydrogen) atoms. The third kappa shape index (κ3) is 7.92. The molecule has 0 radical (unpaired) electrons. The predicted octanol–water partition coefficient (Wildman–Crippen LogP) is 6.65. The van der Waals surface area contributed by atoms with Crippen molar-refractivity contribution in [1.82, 2.24) is 10.3 Å². The Morgan fingerprint density at radius 1 is 1.15 bits per heavy atom. The Labute approximate surface area is 248 Å². The van der Waals surface area contributed by atoms with Crippen LogP contribution in [0.1, 0.15) is 25.0 Å². The number of carbonyl (C=O) groups excluding carboxylic acids is 1. The lowest BCUT2D eigenvalue weighted by Crippen LogP contribution is -2.44. The van der Waals surface area contributed by atoms with Crippen LogP contribution in [-0.2, 0) is 20.9 Å². The Bertz CT molecular complexity index is 1390. The van der Waals surface area contributed by atoms with Crippen molar-refractivity contribution in [2.24, 2.45) is 5.92 Å². The van der Waals surface area contributed by atoms with Crippen LogP contribution >= 0.6 is 27.5 Å². The lowest BCUT2D eigenvalue weighted by molar-refractivity contribution is -0.151. The van der Waals surface area contributed by atoms with Gasteiger partial charge in [-0.25, -0.2) is 0 Å². The maximum atomic E-state index is 12.4. The summed E-state index contributed by atoms with van der Waals surface area (Å²) in [7, 11) is 0. The second-order valence-electron chi connectivity index (χ2n) is 9.62. The van der Waals surface area contributed by atoms with E-state index in [2.05, 4.69) is 44.4 Å². The molecule has 2 atom stereocenters. The minimum absolute atomic E-state index is 0.186. The summed E-state index contributed by atoms with van der Waals surface area (Å²) in [6.45, 7) is 3.84. The number of ether oxygens (including phenoxy) is 2. The van der Waals surface area contributed by atoms with Crippen LogP contribution in [0.25, 0.3) is 17.2 Å². The number of aromatic nitrogens is 1. The van der Waals surface area contributed by atoms with Gasteiger partial charge < -0.3 is 19.9 Å². The van der Waals surface area contributed by atoms with Crippen molar-refractivity contribution in [3.63, 3.8) is 0 Å². The van der Waals surface area contributed by atoms with Gasteiger partial charge in [0.15, 0.2) is 0 Å². The van der Waals surface area contributed by atoms with Crippen molar-refractivity contribution in [1.29, 1.82) is 0 Å². The van der Waals surface area contributed by atoms with Gasteiger partial charge in [0, 0.05) is 34.9 Å². The smallest absolute Gasteiger partial charge is 0.325 e. The topological polar surface area (TPSA) is 80.7 Å². The van der Waals surface area contributed by atoms with Gasteiger partial charge in [-0.05, 0) is 70.3 Å². The standard InChI is InChI=1S/C32H32BrClN2O4/c1-21(2)40-32(38)29(19-37)36-18-26-15-28(34)30(16-25(26)14-22-8-7-13-35-17-22)39-20-24-11-6-12-27(31(24)33)23-9-4-3-5-10-23/h3-17,21,26,29,36-37H,18-20H2,1-2H3/t26?,29-/m0/s1. The predicted molar refractivity (Wildman–Crippen MR) is 162 cm³/mol. The summed E-state index contributed by atoms with van der Waals surface area (Å²) in [5.41, 5.74) is 5.02. The molecular formula is C32H32BrClN2O4. The van der Waals surface area contributed by atoms with Crippen molar-refractivity contribution in [2.45, 2.75) is 32.6 Å². The van der Waals surface area contributed by atoms with E-state index in [4.69, 9.17) is 21.1 Å². The molecular weight excluding hydrogens is 592 g/mol. The van der Waals surface area contributed by atoms with E-state index < -0.39 is 12.0 Å². The number of rotatable bonds is 11. The van der Waals surface area contributed by atoms with Crippen LogP contribution in [0.2, 0.25) is 0 Å². The van der Waals surface area contributed by atoms with Gasteiger partial charge >= 0.3 is 5.97 Å². The molecule has 1 aliphatic rings. The molecule has 0 aliphatic heterocycles. The normalized spacial score (nSPS) is 16.9. The van der Waals surface area contributed by atoms with Crippen LogP contribution in [0.5, 0.6) is 0 Å². The highest BCUT2D eigenvalue weighted by atomic mass is 79.9. The number of pyridine rings is 1. The molecule has 1 aliphatic carbocycles. The monoisotopic (exact) mass is 622 g/mol. The van der Waals surface area contributed by atoms with Crippen LogP contribution in [0, 0.1) is 5.92 Å². The zero-order chi connectivity index (χ0) is 28.5. The van der Waals surface area contributed by atoms with E-state index >= 15 is 0 Å². The summed E-state index contributed by atoms with van der Waals surface area (Å²) < 4.78 is 12.5. The Hall–Kier alpha value is -3.23. The Kier molecular flexibility index (Phi) is 10.7. The molecule has 0 spiro atoms. The summed E-state index contributed by atoms with van der Waals surface area (Å²) in [6, 6.07) is 19.2. The van der Waals surface area contributed by atoms with Gasteiger partial charge in [-0.15, -0.1) is 0 Å². The third-order valence-corrected chi connectivity index (χ3v) is 7.53. The number of nitrogens with one attached hydrogen (secondary N) is 1. The average Bonchev–Trinajstić information content (AvgIpc) is 2.95. The van der Waals surface area contributed by atoms with E-state index in [0.29, 0.717) is 23.9 Å². The number of halogens is 2. The molecule has 0 saturated heterocycles. The fourth-order valence-corrected chi connectivity index (χ4v) is 5.13. The van der Waals surface area contributed by atoms with Crippen molar-refractivity contribution < 1.29 is 19.4 Å². The second kappa shape index (κ2) is 14.4. The van der Waals surface area contributed by atoms with Gasteiger partial charge in [0.1, 0.15) is 18.4 Å². The quantitative estimate of drug-likeness (QED) is 0.233. The van der Waals surface area contributed by atoms with E-state index in [1.165, 1.54) is 0 Å². The molecule has 2 aromatic carbocycles. The van der Waals surface area contributed by atoms with E-state index in [0.717, 1.165) is 32.3 Å². The Balaban J connectivity index is 1.54. The lowest BCUT2D eigenvalue weighted by Gasteiger charge is -2.25. The van der Waals surface area contributed by atoms with Crippen LogP contribution in [0.15, 0.2) is 106 Å². The molecule has 4 rings (SSSR count). The van der Waals surface area contributed by atoms with Crippen LogP contribution in [0.4, 0.5) is 0 Å². The second-order valence-corrected chi connectivity index (χ2v) is 10.8. The number of carbonyl (C=O) groups is 1. The number of esters is 1. The maximum Gasteiger partial charge on any atom is 0.325 e. The number of nitrogens with zero attached hydrogens (tertiary/aromatic N) is 1. The number of benzene rings is 2. The number of allylic oxidation sites excluding steroid dienone is 2. The van der Waals surface area contributed by atoms with Crippen LogP contribution in [-0.4, -0.2) is 41.4 Å². The first-order valence-electron chi connectivity index (χ1n) is 13.1. The average molecular weight is 624 g/mol. The van der Waals surface area contributed by atoms with Gasteiger partial charge in [-0.3, -0.25) is 9.78 Å². The number of hydrogen-bond acceptors (Lipinski definition) is 6. The minimum Gasteiger partial charge on any atom is -0.487 e. The van der Waals surface area contributed by atoms with Crippen LogP contribution < -0.4 is 5.32 Å². The zero-order valence-corrected chi connectivity index (χ0v) is 24.7. The number of aliphatic hydroxyl groups is 1.